The topological polar surface area (TPSA) is 51.0 Å². The molecule has 1 aromatic carbocycles. The Morgan fingerprint density at radius 2 is 1.93 bits per heavy atom. The molecule has 0 amide bonds. The molecule has 1 N–H and O–H groups in total. The Morgan fingerprint density at radius 1 is 1.26 bits per heavy atom. The maximum Gasteiger partial charge on any atom is 0.194 e. The number of aryl methyl sites for hydroxylation is 1. The van der Waals surface area contributed by atoms with E-state index in [9.17, 15) is 0 Å². The molecule has 0 unspecified atom stereocenters. The molecule has 0 aliphatic carbocycles. The van der Waals surface area contributed by atoms with Crippen LogP contribution in [0.3, 0.4) is 0 Å². The minimum Gasteiger partial charge on any atom is -0.493 e. The molecule has 0 saturated carbocycles. The molecule has 8 heteroatoms. The van der Waals surface area contributed by atoms with E-state index in [1.165, 1.54) is 5.69 Å². The summed E-state index contributed by atoms with van der Waals surface area (Å²) in [6.45, 7) is 4.19. The van der Waals surface area contributed by atoms with Gasteiger partial charge in [-0.3, -0.25) is 0 Å². The van der Waals surface area contributed by atoms with Crippen molar-refractivity contribution in [3.05, 3.63) is 46.2 Å². The fourth-order valence-electron chi connectivity index (χ4n) is 2.63. The van der Waals surface area contributed by atoms with Gasteiger partial charge in [0.05, 0.1) is 27.3 Å². The third-order valence-corrected chi connectivity index (χ3v) is 4.84. The van der Waals surface area contributed by atoms with Gasteiger partial charge >= 0.3 is 0 Å². The second-order valence-electron chi connectivity index (χ2n) is 5.94. The van der Waals surface area contributed by atoms with Gasteiger partial charge in [0.2, 0.25) is 0 Å². The van der Waals surface area contributed by atoms with E-state index < -0.39 is 0 Å². The van der Waals surface area contributed by atoms with E-state index >= 15 is 0 Å². The number of hydrogen-bond acceptors (Lipinski definition) is 3. The SMILES string of the molecule is CCNC(=NCc1cc(OC)c(OC)cc1Br)N(C)Cc1cccn1C.I. The number of nitrogens with one attached hydrogen (secondary N) is 1. The standard InChI is InChI=1S/C19H27BrN4O2.HI/c1-6-21-19(24(3)13-15-8-7-9-23(15)2)22-12-14-10-17(25-4)18(26-5)11-16(14)20;/h7-11H,6,12-13H2,1-5H3,(H,21,22);1H. The molecule has 0 radical (unpaired) electrons. The Balaban J connectivity index is 0.00000364. The van der Waals surface area contributed by atoms with E-state index in [0.29, 0.717) is 18.0 Å². The Morgan fingerprint density at radius 3 is 2.48 bits per heavy atom. The van der Waals surface area contributed by atoms with Gasteiger partial charge in [0.15, 0.2) is 17.5 Å². The van der Waals surface area contributed by atoms with Gasteiger partial charge in [0, 0.05) is 37.0 Å². The number of methoxy groups -OCH3 is 2. The monoisotopic (exact) mass is 550 g/mol. The molecule has 0 bridgehead atoms. The smallest absolute Gasteiger partial charge is 0.194 e. The van der Waals surface area contributed by atoms with Crippen LogP contribution in [0.4, 0.5) is 0 Å². The quantitative estimate of drug-likeness (QED) is 0.321. The zero-order valence-corrected chi connectivity index (χ0v) is 20.4. The number of hydrogen-bond donors (Lipinski definition) is 1. The molecule has 2 rings (SSSR count). The second kappa shape index (κ2) is 11.4. The third-order valence-electron chi connectivity index (χ3n) is 4.10. The van der Waals surface area contributed by atoms with Gasteiger partial charge in [-0.2, -0.15) is 0 Å². The number of halogens is 2. The number of rotatable bonds is 7. The van der Waals surface area contributed by atoms with Gasteiger partial charge in [-0.25, -0.2) is 4.99 Å². The largest absolute Gasteiger partial charge is 0.493 e. The Labute approximate surface area is 187 Å². The molecule has 0 fully saturated rings. The molecule has 150 valence electrons. The summed E-state index contributed by atoms with van der Waals surface area (Å²) >= 11 is 3.59. The number of guanidine groups is 1. The average Bonchev–Trinajstić information content (AvgIpc) is 3.03. The molecule has 0 aliphatic rings. The number of benzene rings is 1. The number of ether oxygens (including phenoxy) is 2. The predicted molar refractivity (Wildman–Crippen MR) is 124 cm³/mol. The number of aliphatic imine (C=N–C) groups is 1. The summed E-state index contributed by atoms with van der Waals surface area (Å²) in [5, 5.41) is 3.35. The highest BCUT2D eigenvalue weighted by molar-refractivity contribution is 14.0. The van der Waals surface area contributed by atoms with E-state index in [1.54, 1.807) is 14.2 Å². The van der Waals surface area contributed by atoms with Crippen LogP contribution in [0.15, 0.2) is 39.9 Å². The summed E-state index contributed by atoms with van der Waals surface area (Å²) in [4.78, 5) is 6.90. The first-order valence-electron chi connectivity index (χ1n) is 8.50. The first-order valence-corrected chi connectivity index (χ1v) is 9.29. The van der Waals surface area contributed by atoms with Crippen molar-refractivity contribution >= 4 is 45.9 Å². The lowest BCUT2D eigenvalue weighted by atomic mass is 10.2. The normalized spacial score (nSPS) is 11.0. The molecule has 27 heavy (non-hydrogen) atoms. The molecule has 0 spiro atoms. The lowest BCUT2D eigenvalue weighted by molar-refractivity contribution is 0.354. The van der Waals surface area contributed by atoms with Gasteiger partial charge in [-0.05, 0) is 36.8 Å². The number of nitrogens with zero attached hydrogens (tertiary/aromatic N) is 3. The zero-order chi connectivity index (χ0) is 19.1. The van der Waals surface area contributed by atoms with Crippen molar-refractivity contribution in [1.82, 2.24) is 14.8 Å². The molecule has 1 heterocycles. The van der Waals surface area contributed by atoms with Crippen LogP contribution in [0.2, 0.25) is 0 Å². The lowest BCUT2D eigenvalue weighted by Crippen LogP contribution is -2.38. The van der Waals surface area contributed by atoms with E-state index in [0.717, 1.165) is 29.1 Å². The van der Waals surface area contributed by atoms with Crippen LogP contribution in [0, 0.1) is 0 Å². The highest BCUT2D eigenvalue weighted by Gasteiger charge is 2.11. The molecule has 2 aromatic rings. The third kappa shape index (κ3) is 6.31. The van der Waals surface area contributed by atoms with Gasteiger partial charge < -0.3 is 24.3 Å². The maximum absolute atomic E-state index is 5.39. The minimum atomic E-state index is 0. The fraction of sp³-hybridized carbons (Fsp3) is 0.421. The summed E-state index contributed by atoms with van der Waals surface area (Å²) in [6, 6.07) is 8.02. The van der Waals surface area contributed by atoms with Crippen LogP contribution in [0.25, 0.3) is 0 Å². The Hall–Kier alpha value is -1.42. The van der Waals surface area contributed by atoms with Crippen molar-refractivity contribution in [3.63, 3.8) is 0 Å². The zero-order valence-electron chi connectivity index (χ0n) is 16.5. The Bertz CT molecular complexity index is 764. The second-order valence-corrected chi connectivity index (χ2v) is 6.79. The molecule has 0 aliphatic heterocycles. The van der Waals surface area contributed by atoms with E-state index in [1.807, 2.05) is 38.5 Å². The van der Waals surface area contributed by atoms with Crippen LogP contribution >= 0.6 is 39.9 Å². The van der Waals surface area contributed by atoms with Crippen molar-refractivity contribution in [1.29, 1.82) is 0 Å². The first-order chi connectivity index (χ1) is 12.5. The van der Waals surface area contributed by atoms with E-state index in [2.05, 4.69) is 43.7 Å². The van der Waals surface area contributed by atoms with Crippen LogP contribution in [-0.4, -0.2) is 43.2 Å². The summed E-state index contributed by atoms with van der Waals surface area (Å²) in [7, 11) is 7.35. The molecule has 6 nitrogen and oxygen atoms in total. The maximum atomic E-state index is 5.39. The highest BCUT2D eigenvalue weighted by Crippen LogP contribution is 2.33. The molecular weight excluding hydrogens is 523 g/mol. The van der Waals surface area contributed by atoms with Crippen molar-refractivity contribution < 1.29 is 9.47 Å². The van der Waals surface area contributed by atoms with Crippen LogP contribution < -0.4 is 14.8 Å². The van der Waals surface area contributed by atoms with Crippen molar-refractivity contribution in [2.75, 3.05) is 27.8 Å². The summed E-state index contributed by atoms with van der Waals surface area (Å²) < 4.78 is 13.8. The molecule has 0 saturated heterocycles. The van der Waals surface area contributed by atoms with Crippen LogP contribution in [-0.2, 0) is 20.1 Å². The van der Waals surface area contributed by atoms with Gasteiger partial charge in [0.1, 0.15) is 0 Å². The number of aromatic nitrogens is 1. The van der Waals surface area contributed by atoms with Crippen molar-refractivity contribution in [3.8, 4) is 11.5 Å². The fourth-order valence-corrected chi connectivity index (χ4v) is 3.07. The van der Waals surface area contributed by atoms with Gasteiger partial charge in [-0.1, -0.05) is 15.9 Å². The average molecular weight is 551 g/mol. The van der Waals surface area contributed by atoms with Gasteiger partial charge in [0.25, 0.3) is 0 Å². The van der Waals surface area contributed by atoms with Crippen molar-refractivity contribution in [2.24, 2.45) is 12.0 Å². The van der Waals surface area contributed by atoms with Crippen LogP contribution in [0.5, 0.6) is 11.5 Å². The Kier molecular flexibility index (Phi) is 10.00. The van der Waals surface area contributed by atoms with E-state index in [-0.39, 0.29) is 24.0 Å². The van der Waals surface area contributed by atoms with E-state index in [4.69, 9.17) is 14.5 Å². The first kappa shape index (κ1) is 23.6. The minimum absolute atomic E-state index is 0. The molecular formula is C19H28BrIN4O2. The summed E-state index contributed by atoms with van der Waals surface area (Å²) in [5.41, 5.74) is 2.26. The predicted octanol–water partition coefficient (Wildman–Crippen LogP) is 4.02. The van der Waals surface area contributed by atoms with Crippen molar-refractivity contribution in [2.45, 2.75) is 20.0 Å². The van der Waals surface area contributed by atoms with Gasteiger partial charge in [-0.15, -0.1) is 24.0 Å². The summed E-state index contributed by atoms with van der Waals surface area (Å²) in [5.74, 6) is 2.25. The highest BCUT2D eigenvalue weighted by atomic mass is 127. The molecule has 1 aromatic heterocycles. The van der Waals surface area contributed by atoms with Crippen LogP contribution in [0.1, 0.15) is 18.2 Å². The molecule has 0 atom stereocenters. The summed E-state index contributed by atoms with van der Waals surface area (Å²) in [6.07, 6.45) is 2.05. The lowest BCUT2D eigenvalue weighted by Gasteiger charge is -2.22.